The van der Waals surface area contributed by atoms with Crippen molar-refractivity contribution >= 4 is 41.1 Å². The summed E-state index contributed by atoms with van der Waals surface area (Å²) in [5.74, 6) is -0.0977. The summed E-state index contributed by atoms with van der Waals surface area (Å²) in [4.78, 5) is 20.3. The van der Waals surface area contributed by atoms with Crippen LogP contribution in [0, 0.1) is 0 Å². The first-order chi connectivity index (χ1) is 14.2. The maximum atomic E-state index is 10.2. The molecule has 166 valence electrons. The number of nitrogens with two attached hydrogens (primary N) is 3. The van der Waals surface area contributed by atoms with Crippen molar-refractivity contribution < 1.29 is 19.4 Å². The summed E-state index contributed by atoms with van der Waals surface area (Å²) in [6.45, 7) is 3.24. The minimum Gasteiger partial charge on any atom is -0.494 e. The van der Waals surface area contributed by atoms with Gasteiger partial charge in [0, 0.05) is 22.3 Å². The van der Waals surface area contributed by atoms with Crippen molar-refractivity contribution in [2.45, 2.75) is 32.2 Å². The van der Waals surface area contributed by atoms with Crippen LogP contribution >= 0.6 is 23.2 Å². The highest BCUT2D eigenvalue weighted by Gasteiger charge is 2.09. The van der Waals surface area contributed by atoms with Crippen LogP contribution in [0.1, 0.15) is 36.5 Å². The van der Waals surface area contributed by atoms with Gasteiger partial charge in [0.05, 0.1) is 11.6 Å². The first kappa shape index (κ1) is 27.7. The SMILES string of the molecule is CCOc1cccc(N)c1.NCCCC[C@H](N)C(=O)O.O=Cc1ccc(Cl)cc1Cl. The fraction of sp³-hybridized carbons (Fsp3) is 0.333. The van der Waals surface area contributed by atoms with E-state index >= 15 is 0 Å². The maximum Gasteiger partial charge on any atom is 0.320 e. The number of nitrogen functional groups attached to an aromatic ring is 1. The molecule has 0 spiro atoms. The first-order valence-corrected chi connectivity index (χ1v) is 10.1. The second-order valence-electron chi connectivity index (χ2n) is 6.02. The number of hydrogen-bond donors (Lipinski definition) is 4. The Hall–Kier alpha value is -2.32. The molecule has 0 amide bonds. The van der Waals surface area contributed by atoms with Crippen LogP contribution < -0.4 is 21.9 Å². The Morgan fingerprint density at radius 3 is 2.40 bits per heavy atom. The van der Waals surface area contributed by atoms with Crippen LogP contribution in [0.25, 0.3) is 0 Å². The number of benzene rings is 2. The van der Waals surface area contributed by atoms with Gasteiger partial charge in [-0.25, -0.2) is 0 Å². The molecule has 0 aliphatic heterocycles. The monoisotopic (exact) mass is 457 g/mol. The second kappa shape index (κ2) is 16.5. The third-order valence-corrected chi connectivity index (χ3v) is 4.11. The first-order valence-electron chi connectivity index (χ1n) is 9.32. The zero-order chi connectivity index (χ0) is 22.9. The molecule has 2 rings (SSSR count). The Balaban J connectivity index is 0.000000420. The molecule has 9 heteroatoms. The lowest BCUT2D eigenvalue weighted by Gasteiger charge is -2.03. The van der Waals surface area contributed by atoms with Crippen molar-refractivity contribution in [2.24, 2.45) is 11.5 Å². The number of anilines is 1. The van der Waals surface area contributed by atoms with Crippen LogP contribution in [0.4, 0.5) is 5.69 Å². The number of carbonyl (C=O) groups is 2. The van der Waals surface area contributed by atoms with E-state index in [1.807, 2.05) is 31.2 Å². The van der Waals surface area contributed by atoms with Crippen molar-refractivity contribution in [2.75, 3.05) is 18.9 Å². The minimum atomic E-state index is -0.933. The zero-order valence-electron chi connectivity index (χ0n) is 16.9. The molecule has 0 bridgehead atoms. The third kappa shape index (κ3) is 13.0. The number of carbonyl (C=O) groups excluding carboxylic acids is 1. The molecular weight excluding hydrogens is 429 g/mol. The van der Waals surface area contributed by atoms with Gasteiger partial charge in [-0.3, -0.25) is 9.59 Å². The average Bonchev–Trinajstić information content (AvgIpc) is 2.69. The summed E-state index contributed by atoms with van der Waals surface area (Å²) in [5, 5.41) is 9.25. The minimum absolute atomic E-state index is 0.391. The van der Waals surface area contributed by atoms with Crippen molar-refractivity contribution in [3.8, 4) is 5.75 Å². The number of aliphatic carboxylic acids is 1. The van der Waals surface area contributed by atoms with Gasteiger partial charge in [0.1, 0.15) is 11.8 Å². The van der Waals surface area contributed by atoms with E-state index in [0.29, 0.717) is 41.5 Å². The summed E-state index contributed by atoms with van der Waals surface area (Å²) in [7, 11) is 0. The Morgan fingerprint density at radius 2 is 1.90 bits per heavy atom. The number of rotatable bonds is 8. The van der Waals surface area contributed by atoms with Gasteiger partial charge in [0.2, 0.25) is 0 Å². The van der Waals surface area contributed by atoms with Gasteiger partial charge in [-0.2, -0.15) is 0 Å². The van der Waals surface area contributed by atoms with E-state index in [1.165, 1.54) is 6.07 Å². The normalized spacial score (nSPS) is 10.6. The standard InChI is InChI=1S/C8H11NO.C7H4Cl2O.C6H14N2O2/c1-2-10-8-5-3-4-7(9)6-8;8-6-2-1-5(4-10)7(9)3-6;7-4-2-1-3-5(8)6(9)10/h3-6H,2,9H2,1H3;1-4H;5H,1-4,7-8H2,(H,9,10)/t;;5-/m..0/s1. The number of carboxylic acids is 1. The molecule has 7 N–H and O–H groups in total. The van der Waals surface area contributed by atoms with Gasteiger partial charge in [-0.1, -0.05) is 35.7 Å². The van der Waals surface area contributed by atoms with Crippen LogP contribution in [0.15, 0.2) is 42.5 Å². The predicted octanol–water partition coefficient (Wildman–Crippen LogP) is 4.00. The van der Waals surface area contributed by atoms with Crippen LogP contribution in [0.2, 0.25) is 10.0 Å². The molecule has 0 unspecified atom stereocenters. The fourth-order valence-corrected chi connectivity index (χ4v) is 2.45. The molecule has 0 aromatic heterocycles. The molecule has 30 heavy (non-hydrogen) atoms. The molecule has 0 saturated heterocycles. The Labute approximate surface area is 187 Å². The number of ether oxygens (including phenoxy) is 1. The van der Waals surface area contributed by atoms with Crippen molar-refractivity contribution in [3.05, 3.63) is 58.1 Å². The van der Waals surface area contributed by atoms with Gasteiger partial charge < -0.3 is 27.0 Å². The van der Waals surface area contributed by atoms with E-state index in [-0.39, 0.29) is 0 Å². The summed E-state index contributed by atoms with van der Waals surface area (Å²) in [6.07, 6.45) is 2.86. The lowest BCUT2D eigenvalue weighted by atomic mass is 10.1. The molecule has 2 aromatic rings. The van der Waals surface area contributed by atoms with E-state index in [4.69, 9.17) is 50.2 Å². The Morgan fingerprint density at radius 1 is 1.20 bits per heavy atom. The second-order valence-corrected chi connectivity index (χ2v) is 6.86. The topological polar surface area (TPSA) is 142 Å². The Kier molecular flexibility index (Phi) is 15.2. The number of halogens is 2. The lowest BCUT2D eigenvalue weighted by molar-refractivity contribution is -0.138. The summed E-state index contributed by atoms with van der Waals surface area (Å²) >= 11 is 11.2. The molecule has 0 heterocycles. The van der Waals surface area contributed by atoms with Gasteiger partial charge in [0.25, 0.3) is 0 Å². The molecule has 1 atom stereocenters. The molecule has 0 saturated carbocycles. The summed E-state index contributed by atoms with van der Waals surface area (Å²) < 4.78 is 5.21. The van der Waals surface area contributed by atoms with Crippen LogP contribution in [-0.2, 0) is 4.79 Å². The maximum absolute atomic E-state index is 10.2. The van der Waals surface area contributed by atoms with E-state index < -0.39 is 12.0 Å². The van der Waals surface area contributed by atoms with Crippen molar-refractivity contribution in [1.82, 2.24) is 0 Å². The number of hydrogen-bond acceptors (Lipinski definition) is 6. The quantitative estimate of drug-likeness (QED) is 0.266. The average molecular weight is 458 g/mol. The third-order valence-electron chi connectivity index (χ3n) is 3.55. The molecule has 0 fully saturated rings. The Bertz CT molecular complexity index is 776. The number of aldehydes is 1. The van der Waals surface area contributed by atoms with E-state index in [0.717, 1.165) is 24.3 Å². The largest absolute Gasteiger partial charge is 0.494 e. The molecule has 0 radical (unpaired) electrons. The van der Waals surface area contributed by atoms with Gasteiger partial charge >= 0.3 is 5.97 Å². The smallest absolute Gasteiger partial charge is 0.320 e. The summed E-state index contributed by atoms with van der Waals surface area (Å²) in [6, 6.07) is 11.4. The van der Waals surface area contributed by atoms with Gasteiger partial charge in [0.15, 0.2) is 6.29 Å². The van der Waals surface area contributed by atoms with E-state index in [9.17, 15) is 9.59 Å². The van der Waals surface area contributed by atoms with Crippen LogP contribution in [-0.4, -0.2) is 36.6 Å². The number of carboxylic acid groups (broad SMARTS) is 1. The molecule has 2 aromatic carbocycles. The van der Waals surface area contributed by atoms with Crippen molar-refractivity contribution in [3.63, 3.8) is 0 Å². The van der Waals surface area contributed by atoms with Gasteiger partial charge in [-0.05, 0) is 56.6 Å². The van der Waals surface area contributed by atoms with Gasteiger partial charge in [-0.15, -0.1) is 0 Å². The fourth-order valence-electron chi connectivity index (χ4n) is 2.00. The van der Waals surface area contributed by atoms with Crippen molar-refractivity contribution in [1.29, 1.82) is 0 Å². The van der Waals surface area contributed by atoms with Crippen LogP contribution in [0.3, 0.4) is 0 Å². The van der Waals surface area contributed by atoms with E-state index in [2.05, 4.69) is 0 Å². The highest BCUT2D eigenvalue weighted by atomic mass is 35.5. The highest BCUT2D eigenvalue weighted by molar-refractivity contribution is 6.36. The number of unbranched alkanes of at least 4 members (excludes halogenated alkanes) is 1. The van der Waals surface area contributed by atoms with E-state index in [1.54, 1.807) is 12.1 Å². The van der Waals surface area contributed by atoms with Crippen LogP contribution in [0.5, 0.6) is 5.75 Å². The predicted molar refractivity (Wildman–Crippen MR) is 122 cm³/mol. The summed E-state index contributed by atoms with van der Waals surface area (Å²) in [5.41, 5.74) is 17.1. The molecule has 7 nitrogen and oxygen atoms in total. The lowest BCUT2D eigenvalue weighted by Crippen LogP contribution is -2.29. The molecule has 0 aliphatic carbocycles. The zero-order valence-corrected chi connectivity index (χ0v) is 18.4. The molecular formula is C21H29Cl2N3O4. The molecule has 0 aliphatic rings. The highest BCUT2D eigenvalue weighted by Crippen LogP contribution is 2.19.